The molecule has 1 saturated carbocycles. The molecule has 0 bridgehead atoms. The van der Waals surface area contributed by atoms with Gasteiger partial charge in [0.05, 0.1) is 0 Å². The van der Waals surface area contributed by atoms with Gasteiger partial charge in [-0.15, -0.1) is 0 Å². The molecular formula is C12H20N2O5. The smallest absolute Gasteiger partial charge is 0.326 e. The summed E-state index contributed by atoms with van der Waals surface area (Å²) in [4.78, 5) is 32.6. The largest absolute Gasteiger partial charge is 0.481 e. The second kappa shape index (κ2) is 7.60. The summed E-state index contributed by atoms with van der Waals surface area (Å²) in [5.41, 5.74) is 0. The van der Waals surface area contributed by atoms with E-state index in [0.29, 0.717) is 6.54 Å². The maximum Gasteiger partial charge on any atom is 0.326 e. The molecule has 1 aliphatic carbocycles. The lowest BCUT2D eigenvalue weighted by molar-refractivity contribution is -0.140. The number of urea groups is 1. The second-order valence-electron chi connectivity index (χ2n) is 4.81. The van der Waals surface area contributed by atoms with Crippen LogP contribution in [0.3, 0.4) is 0 Å². The first-order valence-electron chi connectivity index (χ1n) is 6.48. The van der Waals surface area contributed by atoms with Crippen LogP contribution in [0.15, 0.2) is 0 Å². The van der Waals surface area contributed by atoms with Gasteiger partial charge in [-0.25, -0.2) is 9.59 Å². The topological polar surface area (TPSA) is 116 Å². The van der Waals surface area contributed by atoms with Crippen LogP contribution in [0.5, 0.6) is 0 Å². The van der Waals surface area contributed by atoms with Gasteiger partial charge in [-0.3, -0.25) is 4.79 Å². The molecule has 1 atom stereocenters. The number of carboxylic acids is 2. The van der Waals surface area contributed by atoms with E-state index in [1.54, 1.807) is 0 Å². The first-order valence-corrected chi connectivity index (χ1v) is 6.48. The van der Waals surface area contributed by atoms with Gasteiger partial charge in [0.15, 0.2) is 0 Å². The molecule has 2 amide bonds. The van der Waals surface area contributed by atoms with Crippen molar-refractivity contribution in [3.05, 3.63) is 0 Å². The van der Waals surface area contributed by atoms with Gasteiger partial charge in [0.25, 0.3) is 0 Å². The Kier molecular flexibility index (Phi) is 6.11. The average Bonchev–Trinajstić information content (AvgIpc) is 3.13. The molecule has 0 heterocycles. The van der Waals surface area contributed by atoms with E-state index < -0.39 is 24.0 Å². The average molecular weight is 272 g/mol. The second-order valence-corrected chi connectivity index (χ2v) is 4.81. The van der Waals surface area contributed by atoms with E-state index in [0.717, 1.165) is 18.8 Å². The van der Waals surface area contributed by atoms with Gasteiger partial charge in [0.2, 0.25) is 0 Å². The molecular weight excluding hydrogens is 252 g/mol. The Morgan fingerprint density at radius 1 is 1.21 bits per heavy atom. The van der Waals surface area contributed by atoms with Crippen molar-refractivity contribution in [1.82, 2.24) is 10.6 Å². The summed E-state index contributed by atoms with van der Waals surface area (Å²) in [6.07, 6.45) is 4.08. The van der Waals surface area contributed by atoms with Crippen LogP contribution in [0, 0.1) is 5.92 Å². The van der Waals surface area contributed by atoms with Crippen LogP contribution >= 0.6 is 0 Å². The predicted octanol–water partition coefficient (Wildman–Crippen LogP) is 0.794. The molecule has 0 aromatic carbocycles. The van der Waals surface area contributed by atoms with Crippen molar-refractivity contribution < 1.29 is 24.6 Å². The number of aliphatic carboxylic acids is 2. The first-order chi connectivity index (χ1) is 8.99. The summed E-state index contributed by atoms with van der Waals surface area (Å²) in [5.74, 6) is -1.51. The van der Waals surface area contributed by atoms with E-state index in [1.807, 2.05) is 0 Å². The molecule has 108 valence electrons. The third-order valence-corrected chi connectivity index (χ3v) is 3.02. The molecule has 1 fully saturated rings. The Morgan fingerprint density at radius 3 is 2.42 bits per heavy atom. The minimum absolute atomic E-state index is 0.125. The van der Waals surface area contributed by atoms with Gasteiger partial charge in [0, 0.05) is 13.0 Å². The summed E-state index contributed by atoms with van der Waals surface area (Å²) < 4.78 is 0. The summed E-state index contributed by atoms with van der Waals surface area (Å²) in [6, 6.07) is -1.73. The Balaban J connectivity index is 2.17. The third-order valence-electron chi connectivity index (χ3n) is 3.02. The Morgan fingerprint density at radius 2 is 1.89 bits per heavy atom. The minimum Gasteiger partial charge on any atom is -0.481 e. The highest BCUT2D eigenvalue weighted by Gasteiger charge is 2.22. The number of nitrogens with one attached hydrogen (secondary N) is 2. The molecule has 0 aliphatic heterocycles. The molecule has 7 nitrogen and oxygen atoms in total. The summed E-state index contributed by atoms with van der Waals surface area (Å²) in [7, 11) is 0. The zero-order chi connectivity index (χ0) is 14.3. The molecule has 0 aromatic rings. The molecule has 7 heteroatoms. The lowest BCUT2D eigenvalue weighted by atomic mass is 10.1. The van der Waals surface area contributed by atoms with Gasteiger partial charge < -0.3 is 20.8 Å². The number of carbonyl (C=O) groups is 3. The van der Waals surface area contributed by atoms with E-state index in [1.165, 1.54) is 12.8 Å². The van der Waals surface area contributed by atoms with Gasteiger partial charge in [-0.2, -0.15) is 0 Å². The molecule has 0 radical (unpaired) electrons. The van der Waals surface area contributed by atoms with Crippen LogP contribution in [0.1, 0.15) is 38.5 Å². The molecule has 0 unspecified atom stereocenters. The predicted molar refractivity (Wildman–Crippen MR) is 66.8 cm³/mol. The van der Waals surface area contributed by atoms with Gasteiger partial charge >= 0.3 is 18.0 Å². The molecule has 0 aromatic heterocycles. The van der Waals surface area contributed by atoms with E-state index in [-0.39, 0.29) is 12.8 Å². The van der Waals surface area contributed by atoms with Crippen molar-refractivity contribution in [3.63, 3.8) is 0 Å². The zero-order valence-electron chi connectivity index (χ0n) is 10.7. The zero-order valence-corrected chi connectivity index (χ0v) is 10.7. The van der Waals surface area contributed by atoms with Crippen LogP contribution in [0.4, 0.5) is 4.79 Å². The monoisotopic (exact) mass is 272 g/mol. The van der Waals surface area contributed by atoms with Gasteiger partial charge in [-0.1, -0.05) is 12.8 Å². The van der Waals surface area contributed by atoms with Crippen LogP contribution in [0.2, 0.25) is 0 Å². The van der Waals surface area contributed by atoms with Crippen LogP contribution in [-0.2, 0) is 9.59 Å². The van der Waals surface area contributed by atoms with E-state index >= 15 is 0 Å². The fraction of sp³-hybridized carbons (Fsp3) is 0.750. The van der Waals surface area contributed by atoms with Crippen molar-refractivity contribution in [1.29, 1.82) is 0 Å². The molecule has 19 heavy (non-hydrogen) atoms. The van der Waals surface area contributed by atoms with Gasteiger partial charge in [-0.05, 0) is 25.2 Å². The summed E-state index contributed by atoms with van der Waals surface area (Å²) in [5, 5.41) is 22.2. The van der Waals surface area contributed by atoms with Crippen LogP contribution in [-0.4, -0.2) is 40.8 Å². The first kappa shape index (κ1) is 15.3. The Labute approximate surface area is 111 Å². The van der Waals surface area contributed by atoms with Crippen molar-refractivity contribution in [2.24, 2.45) is 5.92 Å². The van der Waals surface area contributed by atoms with Gasteiger partial charge in [0.1, 0.15) is 6.04 Å². The van der Waals surface area contributed by atoms with Crippen LogP contribution in [0.25, 0.3) is 0 Å². The van der Waals surface area contributed by atoms with Crippen molar-refractivity contribution >= 4 is 18.0 Å². The normalized spacial score (nSPS) is 15.6. The van der Waals surface area contributed by atoms with Crippen molar-refractivity contribution in [3.8, 4) is 0 Å². The van der Waals surface area contributed by atoms with E-state index in [2.05, 4.69) is 10.6 Å². The number of carboxylic acid groups (broad SMARTS) is 2. The quantitative estimate of drug-likeness (QED) is 0.463. The highest BCUT2D eigenvalue weighted by Crippen LogP contribution is 2.33. The summed E-state index contributed by atoms with van der Waals surface area (Å²) >= 11 is 0. The number of hydrogen-bond donors (Lipinski definition) is 4. The minimum atomic E-state index is -1.23. The van der Waals surface area contributed by atoms with E-state index in [9.17, 15) is 14.4 Å². The number of carbonyl (C=O) groups excluding carboxylic acids is 1. The van der Waals surface area contributed by atoms with E-state index in [4.69, 9.17) is 10.2 Å². The maximum atomic E-state index is 11.4. The fourth-order valence-electron chi connectivity index (χ4n) is 1.73. The molecule has 1 rings (SSSR count). The highest BCUT2D eigenvalue weighted by atomic mass is 16.4. The molecule has 1 aliphatic rings. The number of rotatable bonds is 9. The third kappa shape index (κ3) is 7.28. The number of amides is 2. The standard InChI is InChI=1S/C12H20N2O5/c15-10(16)6-5-9(11(17)18)14-12(19)13-7-1-2-8-3-4-8/h8-9H,1-7H2,(H,15,16)(H,17,18)(H2,13,14,19)/t9-/m0/s1. The summed E-state index contributed by atoms with van der Waals surface area (Å²) in [6.45, 7) is 0.508. The van der Waals surface area contributed by atoms with Crippen molar-refractivity contribution in [2.75, 3.05) is 6.54 Å². The van der Waals surface area contributed by atoms with Crippen LogP contribution < -0.4 is 10.6 Å². The molecule has 0 spiro atoms. The maximum absolute atomic E-state index is 11.4. The fourth-order valence-corrected chi connectivity index (χ4v) is 1.73. The molecule has 4 N–H and O–H groups in total. The lowest BCUT2D eigenvalue weighted by Crippen LogP contribution is -2.46. The SMILES string of the molecule is O=C(O)CC[C@H](NC(=O)NCCCC1CC1)C(=O)O. The lowest BCUT2D eigenvalue weighted by Gasteiger charge is -2.14. The number of hydrogen-bond acceptors (Lipinski definition) is 3. The Hall–Kier alpha value is -1.79. The van der Waals surface area contributed by atoms with Crippen molar-refractivity contribution in [2.45, 2.75) is 44.6 Å². The highest BCUT2D eigenvalue weighted by molar-refractivity contribution is 5.82. The Bertz CT molecular complexity index is 341. The molecule has 0 saturated heterocycles.